The van der Waals surface area contributed by atoms with Crippen molar-refractivity contribution in [2.45, 2.75) is 72.8 Å². The molecule has 0 aliphatic rings. The highest BCUT2D eigenvalue weighted by Crippen LogP contribution is 2.34. The Morgan fingerprint density at radius 3 is 2.03 bits per heavy atom. The zero-order valence-electron chi connectivity index (χ0n) is 21.5. The molecule has 1 amide bonds. The van der Waals surface area contributed by atoms with Gasteiger partial charge in [-0.15, -0.1) is 6.58 Å². The molecule has 34 heavy (non-hydrogen) atoms. The highest BCUT2D eigenvalue weighted by atomic mass is 19.1. The lowest BCUT2D eigenvalue weighted by atomic mass is 10.0. The van der Waals surface area contributed by atoms with Gasteiger partial charge in [-0.05, 0) is 75.6 Å². The Kier molecular flexibility index (Phi) is 13.3. The Balaban J connectivity index is 0.00000133. The van der Waals surface area contributed by atoms with Crippen LogP contribution >= 0.6 is 0 Å². The molecule has 184 valence electrons. The van der Waals surface area contributed by atoms with Crippen LogP contribution in [0, 0.1) is 17.1 Å². The third kappa shape index (κ3) is 8.02. The molecule has 0 aromatic heterocycles. The van der Waals surface area contributed by atoms with E-state index < -0.39 is 0 Å². The van der Waals surface area contributed by atoms with Gasteiger partial charge in [-0.25, -0.2) is 4.39 Å². The van der Waals surface area contributed by atoms with E-state index in [4.69, 9.17) is 0 Å². The third-order valence-electron chi connectivity index (χ3n) is 5.68. The van der Waals surface area contributed by atoms with E-state index in [0.29, 0.717) is 29.9 Å². The number of hydrogen-bond donors (Lipinski definition) is 0. The second kappa shape index (κ2) is 15.7. The first-order valence-corrected chi connectivity index (χ1v) is 12.4. The van der Waals surface area contributed by atoms with E-state index in [0.717, 1.165) is 37.8 Å². The molecule has 2 aromatic carbocycles. The number of nitriles is 1. The van der Waals surface area contributed by atoms with E-state index >= 15 is 0 Å². The summed E-state index contributed by atoms with van der Waals surface area (Å²) in [6.45, 7) is 15.0. The predicted molar refractivity (Wildman–Crippen MR) is 141 cm³/mol. The molecule has 2 rings (SSSR count). The van der Waals surface area contributed by atoms with Crippen LogP contribution in [-0.2, 0) is 0 Å². The molecule has 0 saturated carbocycles. The lowest BCUT2D eigenvalue weighted by Gasteiger charge is -2.34. The van der Waals surface area contributed by atoms with Crippen molar-refractivity contribution in [2.24, 2.45) is 0 Å². The Hall–Kier alpha value is -3.13. The van der Waals surface area contributed by atoms with Gasteiger partial charge in [0.2, 0.25) is 0 Å². The number of hydrogen-bond acceptors (Lipinski definition) is 3. The van der Waals surface area contributed by atoms with Crippen LogP contribution in [0.3, 0.4) is 0 Å². The van der Waals surface area contributed by atoms with Gasteiger partial charge in [0.15, 0.2) is 0 Å². The fourth-order valence-electron chi connectivity index (χ4n) is 3.84. The number of nitrogens with zero attached hydrogens (tertiary/aromatic N) is 3. The topological polar surface area (TPSA) is 47.3 Å². The zero-order valence-corrected chi connectivity index (χ0v) is 21.5. The molecule has 0 N–H and O–H groups in total. The van der Waals surface area contributed by atoms with Crippen molar-refractivity contribution in [3.8, 4) is 6.07 Å². The maximum absolute atomic E-state index is 14.9. The Morgan fingerprint density at radius 2 is 1.59 bits per heavy atom. The fourth-order valence-corrected chi connectivity index (χ4v) is 3.84. The van der Waals surface area contributed by atoms with Crippen LogP contribution in [-0.4, -0.2) is 29.9 Å². The molecular weight excluding hydrogens is 425 g/mol. The maximum Gasteiger partial charge on any atom is 0.253 e. The van der Waals surface area contributed by atoms with E-state index in [9.17, 15) is 14.4 Å². The molecule has 0 radical (unpaired) electrons. The zero-order chi connectivity index (χ0) is 25.5. The smallest absolute Gasteiger partial charge is 0.253 e. The number of rotatable bonds is 11. The maximum atomic E-state index is 14.9. The summed E-state index contributed by atoms with van der Waals surface area (Å²) in [4.78, 5) is 16.4. The predicted octanol–water partition coefficient (Wildman–Crippen LogP) is 7.87. The van der Waals surface area contributed by atoms with E-state index in [2.05, 4.69) is 33.4 Å². The van der Waals surface area contributed by atoms with Crippen molar-refractivity contribution in [1.82, 2.24) is 4.90 Å². The van der Waals surface area contributed by atoms with Gasteiger partial charge in [0, 0.05) is 30.4 Å². The molecule has 0 aliphatic carbocycles. The summed E-state index contributed by atoms with van der Waals surface area (Å²) >= 11 is 0. The highest BCUT2D eigenvalue weighted by Gasteiger charge is 2.23. The van der Waals surface area contributed by atoms with Crippen molar-refractivity contribution >= 4 is 17.3 Å². The van der Waals surface area contributed by atoms with Crippen molar-refractivity contribution < 1.29 is 9.18 Å². The summed E-state index contributed by atoms with van der Waals surface area (Å²) in [6.07, 6.45) is 6.72. The summed E-state index contributed by atoms with van der Waals surface area (Å²) in [6, 6.07) is 14.1. The van der Waals surface area contributed by atoms with E-state index in [-0.39, 0.29) is 17.8 Å². The summed E-state index contributed by atoms with van der Waals surface area (Å²) in [5.74, 6) is -0.357. The van der Waals surface area contributed by atoms with Gasteiger partial charge >= 0.3 is 0 Å². The molecule has 0 unspecified atom stereocenters. The molecule has 2 aromatic rings. The number of carbonyl (C=O) groups is 1. The molecule has 4 nitrogen and oxygen atoms in total. The van der Waals surface area contributed by atoms with Crippen LogP contribution in [0.25, 0.3) is 0 Å². The Bertz CT molecular complexity index is 923. The summed E-state index contributed by atoms with van der Waals surface area (Å²) in [5.41, 5.74) is 2.28. The minimum absolute atomic E-state index is 0.00516. The van der Waals surface area contributed by atoms with E-state index in [1.54, 1.807) is 11.0 Å². The summed E-state index contributed by atoms with van der Waals surface area (Å²) in [7, 11) is 0. The van der Waals surface area contributed by atoms with E-state index in [1.165, 1.54) is 12.1 Å². The molecule has 0 heterocycles. The highest BCUT2D eigenvalue weighted by molar-refractivity contribution is 5.94. The van der Waals surface area contributed by atoms with Gasteiger partial charge in [-0.1, -0.05) is 39.7 Å². The van der Waals surface area contributed by atoms with Crippen LogP contribution in [0.2, 0.25) is 0 Å². The lowest BCUT2D eigenvalue weighted by Crippen LogP contribution is -2.32. The summed E-state index contributed by atoms with van der Waals surface area (Å²) in [5, 5.41) is 9.31. The normalized spacial score (nSPS) is 10.2. The number of halogens is 1. The molecule has 0 saturated heterocycles. The first kappa shape index (κ1) is 28.9. The standard InChI is InChI=1S/C25H32FN3O.C4H8/c1-5-9-21(10-6-2)29(24-17-19(18-27)11-16-23(24)26)22-14-12-20(13-15-22)25(30)28(7-3)8-4;1-3-4-2/h11-17,21H,5-10H2,1-4H3;3H,1,4H2,2H3. The number of anilines is 2. The van der Waals surface area contributed by atoms with Crippen LogP contribution in [0.5, 0.6) is 0 Å². The molecule has 0 aliphatic heterocycles. The van der Waals surface area contributed by atoms with Gasteiger partial charge in [0.05, 0.1) is 17.3 Å². The second-order valence-electron chi connectivity index (χ2n) is 8.10. The van der Waals surface area contributed by atoms with Crippen LogP contribution in [0.4, 0.5) is 15.8 Å². The lowest BCUT2D eigenvalue weighted by molar-refractivity contribution is 0.0773. The number of allylic oxidation sites excluding steroid dienone is 1. The first-order chi connectivity index (χ1) is 16.4. The second-order valence-corrected chi connectivity index (χ2v) is 8.10. The van der Waals surface area contributed by atoms with Crippen molar-refractivity contribution in [1.29, 1.82) is 5.26 Å². The largest absolute Gasteiger partial charge is 0.339 e. The number of benzene rings is 2. The molecule has 5 heteroatoms. The third-order valence-corrected chi connectivity index (χ3v) is 5.68. The molecular formula is C29H40FN3O. The molecule has 0 bridgehead atoms. The van der Waals surface area contributed by atoms with Gasteiger partial charge in [-0.2, -0.15) is 5.26 Å². The van der Waals surface area contributed by atoms with Crippen molar-refractivity contribution in [3.05, 3.63) is 72.1 Å². The van der Waals surface area contributed by atoms with Gasteiger partial charge in [0.25, 0.3) is 5.91 Å². The van der Waals surface area contributed by atoms with E-state index in [1.807, 2.05) is 49.1 Å². The minimum atomic E-state index is -0.352. The number of carbonyl (C=O) groups excluding carboxylic acids is 1. The SMILES string of the molecule is C=CCC.CCCC(CCC)N(c1ccc(C(=O)N(CC)CC)cc1)c1cc(C#N)ccc1F. The van der Waals surface area contributed by atoms with Crippen molar-refractivity contribution in [2.75, 3.05) is 18.0 Å². The van der Waals surface area contributed by atoms with Gasteiger partial charge in [-0.3, -0.25) is 4.79 Å². The quantitative estimate of drug-likeness (QED) is 0.317. The van der Waals surface area contributed by atoms with Gasteiger partial charge in [0.1, 0.15) is 5.82 Å². The Morgan fingerprint density at radius 1 is 1.03 bits per heavy atom. The minimum Gasteiger partial charge on any atom is -0.339 e. The molecule has 0 atom stereocenters. The summed E-state index contributed by atoms with van der Waals surface area (Å²) < 4.78 is 14.9. The van der Waals surface area contributed by atoms with Crippen LogP contribution < -0.4 is 4.90 Å². The van der Waals surface area contributed by atoms with Crippen LogP contribution in [0.15, 0.2) is 55.1 Å². The average molecular weight is 466 g/mol. The van der Waals surface area contributed by atoms with Crippen LogP contribution in [0.1, 0.15) is 82.6 Å². The average Bonchev–Trinajstić information content (AvgIpc) is 2.86. The molecule has 0 fully saturated rings. The first-order valence-electron chi connectivity index (χ1n) is 12.4. The monoisotopic (exact) mass is 465 g/mol. The molecule has 0 spiro atoms. The van der Waals surface area contributed by atoms with Crippen molar-refractivity contribution in [3.63, 3.8) is 0 Å². The fraction of sp³-hybridized carbons (Fsp3) is 0.448. The Labute approximate surface area is 205 Å². The van der Waals surface area contributed by atoms with Gasteiger partial charge < -0.3 is 9.80 Å². The number of amides is 1.